The first-order valence-electron chi connectivity index (χ1n) is 12.9. The Bertz CT molecular complexity index is 1600. The molecule has 0 fully saturated rings. The van der Waals surface area contributed by atoms with Crippen LogP contribution in [0.1, 0.15) is 22.4 Å². The first-order chi connectivity index (χ1) is 19.1. The zero-order valence-corrected chi connectivity index (χ0v) is 23.1. The smallest absolute Gasteiger partial charge is 0.226 e. The summed E-state index contributed by atoms with van der Waals surface area (Å²) in [6, 6.07) is 24.2. The van der Waals surface area contributed by atoms with Gasteiger partial charge in [-0.3, -0.25) is 0 Å². The number of nitrogens with zero attached hydrogens (tertiary/aromatic N) is 5. The van der Waals surface area contributed by atoms with Crippen molar-refractivity contribution in [3.63, 3.8) is 0 Å². The van der Waals surface area contributed by atoms with Crippen LogP contribution in [0.2, 0.25) is 10.0 Å². The molecule has 1 aliphatic heterocycles. The summed E-state index contributed by atoms with van der Waals surface area (Å²) in [7, 11) is 1.68. The summed E-state index contributed by atoms with van der Waals surface area (Å²) in [4.78, 5) is 12.3. The number of aromatic nitrogens is 4. The van der Waals surface area contributed by atoms with E-state index < -0.39 is 0 Å². The standard InChI is InChI=1S/C30H28Cl2N6O/c1-39-23-10-7-22(8-11-23)18-37-16-14-26-27-28(37)34-30(33-15-13-20-9-12-24(31)25(32)17-20)35-29(27)38(36-26)19-21-5-3-2-4-6-21/h2-12,17H,13-16,18-19H2,1H3,(H,33,34,35). The van der Waals surface area contributed by atoms with Crippen LogP contribution in [0.25, 0.3) is 11.0 Å². The topological polar surface area (TPSA) is 68.1 Å². The van der Waals surface area contributed by atoms with Crippen molar-refractivity contribution in [2.24, 2.45) is 0 Å². The average molecular weight is 560 g/mol. The van der Waals surface area contributed by atoms with Gasteiger partial charge in [-0.2, -0.15) is 15.1 Å². The zero-order chi connectivity index (χ0) is 26.8. The summed E-state index contributed by atoms with van der Waals surface area (Å²) < 4.78 is 7.34. The molecule has 39 heavy (non-hydrogen) atoms. The van der Waals surface area contributed by atoms with Crippen LogP contribution in [0.3, 0.4) is 0 Å². The van der Waals surface area contributed by atoms with E-state index >= 15 is 0 Å². The molecule has 6 rings (SSSR count). The fraction of sp³-hybridized carbons (Fsp3) is 0.233. The van der Waals surface area contributed by atoms with Gasteiger partial charge in [-0.05, 0) is 47.4 Å². The lowest BCUT2D eigenvalue weighted by Crippen LogP contribution is -2.29. The monoisotopic (exact) mass is 558 g/mol. The van der Waals surface area contributed by atoms with E-state index in [0.717, 1.165) is 59.8 Å². The number of benzene rings is 3. The van der Waals surface area contributed by atoms with E-state index in [0.29, 0.717) is 29.1 Å². The summed E-state index contributed by atoms with van der Waals surface area (Å²) in [6.45, 7) is 2.87. The predicted octanol–water partition coefficient (Wildman–Crippen LogP) is 6.41. The van der Waals surface area contributed by atoms with E-state index in [-0.39, 0.29) is 0 Å². The highest BCUT2D eigenvalue weighted by Gasteiger charge is 2.27. The third-order valence-electron chi connectivity index (χ3n) is 6.95. The quantitative estimate of drug-likeness (QED) is 0.225. The van der Waals surface area contributed by atoms with Gasteiger partial charge in [0, 0.05) is 26.1 Å². The van der Waals surface area contributed by atoms with Crippen molar-refractivity contribution >= 4 is 46.0 Å². The first-order valence-corrected chi connectivity index (χ1v) is 13.7. The van der Waals surface area contributed by atoms with Crippen LogP contribution in [0.4, 0.5) is 11.8 Å². The van der Waals surface area contributed by atoms with Crippen LogP contribution in [0, 0.1) is 0 Å². The number of anilines is 2. The molecule has 0 radical (unpaired) electrons. The Hall–Kier alpha value is -3.81. The Morgan fingerprint density at radius 2 is 1.64 bits per heavy atom. The summed E-state index contributed by atoms with van der Waals surface area (Å²) in [5.41, 5.74) is 5.35. The molecule has 3 aromatic carbocycles. The highest BCUT2D eigenvalue weighted by atomic mass is 35.5. The van der Waals surface area contributed by atoms with Gasteiger partial charge in [-0.25, -0.2) is 4.68 Å². The van der Waals surface area contributed by atoms with Gasteiger partial charge in [-0.15, -0.1) is 0 Å². The number of rotatable bonds is 9. The Balaban J connectivity index is 1.32. The number of hydrogen-bond acceptors (Lipinski definition) is 6. The SMILES string of the molecule is COc1ccc(CN2CCc3nn(Cc4ccccc4)c4nc(NCCc5ccc(Cl)c(Cl)c5)nc2c34)cc1. The van der Waals surface area contributed by atoms with Crippen LogP contribution >= 0.6 is 23.2 Å². The van der Waals surface area contributed by atoms with Gasteiger partial charge in [0.1, 0.15) is 11.6 Å². The van der Waals surface area contributed by atoms with Gasteiger partial charge < -0.3 is 15.0 Å². The van der Waals surface area contributed by atoms with Crippen molar-refractivity contribution in [3.05, 3.63) is 105 Å². The molecule has 1 aliphatic rings. The summed E-state index contributed by atoms with van der Waals surface area (Å²) in [5, 5.41) is 10.6. The van der Waals surface area contributed by atoms with Crippen LogP contribution < -0.4 is 15.0 Å². The summed E-state index contributed by atoms with van der Waals surface area (Å²) in [5.74, 6) is 2.34. The van der Waals surface area contributed by atoms with Gasteiger partial charge >= 0.3 is 0 Å². The molecule has 0 unspecified atom stereocenters. The third-order valence-corrected chi connectivity index (χ3v) is 7.69. The molecule has 198 valence electrons. The van der Waals surface area contributed by atoms with E-state index in [1.807, 2.05) is 53.2 Å². The molecule has 0 amide bonds. The van der Waals surface area contributed by atoms with Crippen molar-refractivity contribution in [3.8, 4) is 5.75 Å². The second kappa shape index (κ2) is 11.1. The van der Waals surface area contributed by atoms with E-state index in [1.165, 1.54) is 11.1 Å². The molecular weight excluding hydrogens is 531 g/mol. The number of methoxy groups -OCH3 is 1. The van der Waals surface area contributed by atoms with Gasteiger partial charge in [0.25, 0.3) is 0 Å². The Morgan fingerprint density at radius 3 is 2.41 bits per heavy atom. The van der Waals surface area contributed by atoms with Crippen LogP contribution in [0.5, 0.6) is 5.75 Å². The maximum atomic E-state index is 6.21. The van der Waals surface area contributed by atoms with Crippen LogP contribution in [0.15, 0.2) is 72.8 Å². The minimum absolute atomic E-state index is 0.556. The highest BCUT2D eigenvalue weighted by Crippen LogP contribution is 2.34. The first kappa shape index (κ1) is 25.5. The molecule has 2 aromatic heterocycles. The fourth-order valence-corrected chi connectivity index (χ4v) is 5.26. The van der Waals surface area contributed by atoms with Crippen molar-refractivity contribution in [1.82, 2.24) is 19.7 Å². The minimum Gasteiger partial charge on any atom is -0.497 e. The molecule has 0 atom stereocenters. The normalized spacial score (nSPS) is 12.6. The maximum absolute atomic E-state index is 6.21. The lowest BCUT2D eigenvalue weighted by molar-refractivity contribution is 0.414. The van der Waals surface area contributed by atoms with Crippen molar-refractivity contribution < 1.29 is 4.74 Å². The number of nitrogens with one attached hydrogen (secondary N) is 1. The summed E-state index contributed by atoms with van der Waals surface area (Å²) in [6.07, 6.45) is 1.60. The Kier molecular flexibility index (Phi) is 7.26. The second-order valence-electron chi connectivity index (χ2n) is 9.60. The van der Waals surface area contributed by atoms with Crippen molar-refractivity contribution in [2.75, 3.05) is 30.4 Å². The fourth-order valence-electron chi connectivity index (χ4n) is 4.94. The van der Waals surface area contributed by atoms with Gasteiger partial charge in [0.05, 0.1) is 34.8 Å². The number of halogens is 2. The van der Waals surface area contributed by atoms with Crippen molar-refractivity contribution in [1.29, 1.82) is 0 Å². The predicted molar refractivity (Wildman–Crippen MR) is 157 cm³/mol. The number of hydrogen-bond donors (Lipinski definition) is 1. The zero-order valence-electron chi connectivity index (χ0n) is 21.6. The molecule has 0 aliphatic carbocycles. The largest absolute Gasteiger partial charge is 0.497 e. The van der Waals surface area contributed by atoms with Gasteiger partial charge in [-0.1, -0.05) is 71.7 Å². The third kappa shape index (κ3) is 5.51. The highest BCUT2D eigenvalue weighted by molar-refractivity contribution is 6.42. The second-order valence-corrected chi connectivity index (χ2v) is 10.4. The van der Waals surface area contributed by atoms with E-state index in [1.54, 1.807) is 7.11 Å². The number of ether oxygens (including phenoxy) is 1. The van der Waals surface area contributed by atoms with E-state index in [4.69, 9.17) is 43.0 Å². The van der Waals surface area contributed by atoms with Gasteiger partial charge in [0.15, 0.2) is 5.65 Å². The van der Waals surface area contributed by atoms with Gasteiger partial charge in [0.2, 0.25) is 5.95 Å². The molecule has 3 heterocycles. The molecule has 0 saturated carbocycles. The molecule has 1 N–H and O–H groups in total. The lowest BCUT2D eigenvalue weighted by atomic mass is 10.1. The molecule has 0 saturated heterocycles. The Morgan fingerprint density at radius 1 is 0.872 bits per heavy atom. The Labute approximate surface area is 237 Å². The van der Waals surface area contributed by atoms with Crippen molar-refractivity contribution in [2.45, 2.75) is 25.9 Å². The summed E-state index contributed by atoms with van der Waals surface area (Å²) >= 11 is 12.3. The lowest BCUT2D eigenvalue weighted by Gasteiger charge is -2.28. The molecule has 7 nitrogen and oxygen atoms in total. The molecule has 5 aromatic rings. The molecule has 0 spiro atoms. The molecule has 9 heteroatoms. The molecule has 0 bridgehead atoms. The van der Waals surface area contributed by atoms with Crippen LogP contribution in [-0.4, -0.2) is 39.9 Å². The maximum Gasteiger partial charge on any atom is 0.226 e. The van der Waals surface area contributed by atoms with E-state index in [9.17, 15) is 0 Å². The van der Waals surface area contributed by atoms with Crippen LogP contribution in [-0.2, 0) is 25.9 Å². The molecular formula is C30H28Cl2N6O. The minimum atomic E-state index is 0.556. The average Bonchev–Trinajstić information content (AvgIpc) is 3.31. The van der Waals surface area contributed by atoms with E-state index in [2.05, 4.69) is 34.5 Å².